The molecule has 2 nitrogen and oxygen atoms in total. The molecule has 0 amide bonds. The highest BCUT2D eigenvalue weighted by atomic mass is 127. The Bertz CT molecular complexity index is 516. The van der Waals surface area contributed by atoms with Crippen molar-refractivity contribution in [2.24, 2.45) is 0 Å². The average Bonchev–Trinajstić information content (AvgIpc) is 2.83. The molecule has 2 heterocycles. The van der Waals surface area contributed by atoms with E-state index in [1.54, 1.807) is 0 Å². The predicted molar refractivity (Wildman–Crippen MR) is 73.4 cm³/mol. The van der Waals surface area contributed by atoms with E-state index in [9.17, 15) is 0 Å². The van der Waals surface area contributed by atoms with Crippen LogP contribution in [0.5, 0.6) is 0 Å². The minimum absolute atomic E-state index is 0.650. The highest BCUT2D eigenvalue weighted by Crippen LogP contribution is 2.36. The van der Waals surface area contributed by atoms with Crippen molar-refractivity contribution >= 4 is 22.6 Å². The van der Waals surface area contributed by atoms with Crippen LogP contribution in [0.2, 0.25) is 0 Å². The first-order chi connectivity index (χ1) is 7.77. The maximum atomic E-state index is 4.72. The second kappa shape index (κ2) is 3.87. The molecule has 0 aliphatic carbocycles. The number of rotatable bonds is 1. The lowest BCUT2D eigenvalue weighted by Gasteiger charge is -2.01. The molecule has 0 spiro atoms. The average molecular weight is 324 g/mol. The zero-order chi connectivity index (χ0) is 11.1. The summed E-state index contributed by atoms with van der Waals surface area (Å²) in [6, 6.07) is 10.4. The van der Waals surface area contributed by atoms with E-state index in [2.05, 4.69) is 58.5 Å². The number of nitrogens with zero attached hydrogens (tertiary/aromatic N) is 2. The molecule has 1 atom stereocenters. The third kappa shape index (κ3) is 1.49. The van der Waals surface area contributed by atoms with Gasteiger partial charge in [-0.25, -0.2) is 0 Å². The van der Waals surface area contributed by atoms with Gasteiger partial charge in [0.15, 0.2) is 0 Å². The molecule has 0 fully saturated rings. The summed E-state index contributed by atoms with van der Waals surface area (Å²) >= 11 is 2.44. The first-order valence-electron chi connectivity index (χ1n) is 5.59. The number of benzene rings is 1. The summed E-state index contributed by atoms with van der Waals surface area (Å²) < 4.78 is 3.50. The molecule has 0 saturated carbocycles. The largest absolute Gasteiger partial charge is 0.268 e. The number of fused-ring (bicyclic) bond motifs is 1. The summed E-state index contributed by atoms with van der Waals surface area (Å²) in [7, 11) is 0. The van der Waals surface area contributed by atoms with Gasteiger partial charge in [0.05, 0.1) is 9.26 Å². The molecule has 1 aliphatic heterocycles. The van der Waals surface area contributed by atoms with Gasteiger partial charge in [-0.2, -0.15) is 5.10 Å². The predicted octanol–water partition coefficient (Wildman–Crippen LogP) is 3.66. The van der Waals surface area contributed by atoms with Gasteiger partial charge in [-0.05, 0) is 29.0 Å². The SMILES string of the molecule is CC1CCn2nc(-c3ccccc3)c(I)c21. The first-order valence-corrected chi connectivity index (χ1v) is 6.67. The Morgan fingerprint density at radius 2 is 2.06 bits per heavy atom. The van der Waals surface area contributed by atoms with Crippen molar-refractivity contribution in [1.82, 2.24) is 9.78 Å². The lowest BCUT2D eigenvalue weighted by Crippen LogP contribution is -1.94. The summed E-state index contributed by atoms with van der Waals surface area (Å²) in [6.07, 6.45) is 1.23. The van der Waals surface area contributed by atoms with Crippen LogP contribution in [0.4, 0.5) is 0 Å². The van der Waals surface area contributed by atoms with E-state index >= 15 is 0 Å². The monoisotopic (exact) mass is 324 g/mol. The van der Waals surface area contributed by atoms with Crippen LogP contribution < -0.4 is 0 Å². The minimum atomic E-state index is 0.650. The van der Waals surface area contributed by atoms with Crippen LogP contribution in [0.15, 0.2) is 30.3 Å². The Morgan fingerprint density at radius 3 is 2.75 bits per heavy atom. The van der Waals surface area contributed by atoms with Crippen LogP contribution in [0.25, 0.3) is 11.3 Å². The van der Waals surface area contributed by atoms with E-state index in [0.717, 1.165) is 12.2 Å². The van der Waals surface area contributed by atoms with Crippen molar-refractivity contribution in [1.29, 1.82) is 0 Å². The van der Waals surface area contributed by atoms with Crippen LogP contribution in [0.1, 0.15) is 25.0 Å². The quantitative estimate of drug-likeness (QED) is 0.732. The summed E-state index contributed by atoms with van der Waals surface area (Å²) in [5.41, 5.74) is 3.78. The normalized spacial score (nSPS) is 18.8. The van der Waals surface area contributed by atoms with Crippen LogP contribution >= 0.6 is 22.6 Å². The Labute approximate surface area is 109 Å². The number of aryl methyl sites for hydroxylation is 1. The highest BCUT2D eigenvalue weighted by Gasteiger charge is 2.26. The van der Waals surface area contributed by atoms with Crippen molar-refractivity contribution in [3.8, 4) is 11.3 Å². The Hall–Kier alpha value is -0.840. The van der Waals surface area contributed by atoms with Crippen molar-refractivity contribution in [2.75, 3.05) is 0 Å². The minimum Gasteiger partial charge on any atom is -0.268 e. The molecule has 1 aliphatic rings. The summed E-state index contributed by atoms with van der Waals surface area (Å²) in [5, 5.41) is 4.72. The molecule has 2 aromatic rings. The number of halogens is 1. The van der Waals surface area contributed by atoms with Gasteiger partial charge in [0, 0.05) is 18.0 Å². The van der Waals surface area contributed by atoms with E-state index in [4.69, 9.17) is 5.10 Å². The second-order valence-corrected chi connectivity index (χ2v) is 5.41. The summed E-state index contributed by atoms with van der Waals surface area (Å²) in [5.74, 6) is 0.650. The Morgan fingerprint density at radius 1 is 1.31 bits per heavy atom. The van der Waals surface area contributed by atoms with E-state index in [-0.39, 0.29) is 0 Å². The van der Waals surface area contributed by atoms with Crippen molar-refractivity contribution in [3.63, 3.8) is 0 Å². The Balaban J connectivity index is 2.15. The topological polar surface area (TPSA) is 17.8 Å². The summed E-state index contributed by atoms with van der Waals surface area (Å²) in [4.78, 5) is 0. The molecule has 1 unspecified atom stereocenters. The fourth-order valence-electron chi connectivity index (χ4n) is 2.33. The van der Waals surface area contributed by atoms with Crippen molar-refractivity contribution in [2.45, 2.75) is 25.8 Å². The molecule has 3 heteroatoms. The van der Waals surface area contributed by atoms with Gasteiger partial charge in [-0.15, -0.1) is 0 Å². The van der Waals surface area contributed by atoms with Gasteiger partial charge < -0.3 is 0 Å². The molecule has 0 N–H and O–H groups in total. The smallest absolute Gasteiger partial charge is 0.106 e. The molecular formula is C13H13IN2. The van der Waals surface area contributed by atoms with E-state index in [0.29, 0.717) is 5.92 Å². The van der Waals surface area contributed by atoms with Gasteiger partial charge in [0.25, 0.3) is 0 Å². The lowest BCUT2D eigenvalue weighted by molar-refractivity contribution is 0.645. The molecule has 16 heavy (non-hydrogen) atoms. The molecule has 3 rings (SSSR count). The molecule has 0 saturated heterocycles. The zero-order valence-electron chi connectivity index (χ0n) is 9.15. The standard InChI is InChI=1S/C13H13IN2/c1-9-7-8-16-13(9)11(14)12(15-16)10-5-3-2-4-6-10/h2-6,9H,7-8H2,1H3. The van der Waals surface area contributed by atoms with E-state index < -0.39 is 0 Å². The molecule has 82 valence electrons. The molecule has 0 radical (unpaired) electrons. The lowest BCUT2D eigenvalue weighted by atomic mass is 10.1. The zero-order valence-corrected chi connectivity index (χ0v) is 11.3. The van der Waals surface area contributed by atoms with Crippen molar-refractivity contribution in [3.05, 3.63) is 39.6 Å². The maximum Gasteiger partial charge on any atom is 0.106 e. The third-order valence-corrected chi connectivity index (χ3v) is 4.28. The Kier molecular flexibility index (Phi) is 2.50. The van der Waals surface area contributed by atoms with Gasteiger partial charge in [-0.3, -0.25) is 4.68 Å². The van der Waals surface area contributed by atoms with Crippen LogP contribution in [-0.4, -0.2) is 9.78 Å². The molecule has 1 aromatic heterocycles. The fourth-order valence-corrected chi connectivity index (χ4v) is 3.56. The number of hydrogen-bond donors (Lipinski definition) is 0. The van der Waals surface area contributed by atoms with E-state index in [1.165, 1.54) is 21.2 Å². The number of aromatic nitrogens is 2. The van der Waals surface area contributed by atoms with Gasteiger partial charge in [0.2, 0.25) is 0 Å². The second-order valence-electron chi connectivity index (χ2n) is 4.33. The maximum absolute atomic E-state index is 4.72. The van der Waals surface area contributed by atoms with Crippen LogP contribution in [-0.2, 0) is 6.54 Å². The highest BCUT2D eigenvalue weighted by molar-refractivity contribution is 14.1. The van der Waals surface area contributed by atoms with Crippen LogP contribution in [0, 0.1) is 3.57 Å². The first kappa shape index (κ1) is 10.3. The molecule has 1 aromatic carbocycles. The van der Waals surface area contributed by atoms with Crippen LogP contribution in [0.3, 0.4) is 0 Å². The van der Waals surface area contributed by atoms with E-state index in [1.807, 2.05) is 6.07 Å². The van der Waals surface area contributed by atoms with Gasteiger partial charge in [0.1, 0.15) is 5.69 Å². The molecular weight excluding hydrogens is 311 g/mol. The summed E-state index contributed by atoms with van der Waals surface area (Å²) in [6.45, 7) is 3.36. The molecule has 0 bridgehead atoms. The third-order valence-electron chi connectivity index (χ3n) is 3.22. The number of hydrogen-bond acceptors (Lipinski definition) is 1. The van der Waals surface area contributed by atoms with Gasteiger partial charge >= 0.3 is 0 Å². The van der Waals surface area contributed by atoms with Crippen molar-refractivity contribution < 1.29 is 0 Å². The van der Waals surface area contributed by atoms with Gasteiger partial charge in [-0.1, -0.05) is 37.3 Å². The fraction of sp³-hybridized carbons (Fsp3) is 0.308.